The van der Waals surface area contributed by atoms with Gasteiger partial charge in [0.25, 0.3) is 0 Å². The van der Waals surface area contributed by atoms with Crippen LogP contribution in [0.15, 0.2) is 23.1 Å². The third-order valence-electron chi connectivity index (χ3n) is 2.66. The summed E-state index contributed by atoms with van der Waals surface area (Å²) in [4.78, 5) is 0.952. The lowest BCUT2D eigenvalue weighted by atomic mass is 10.1. The lowest BCUT2D eigenvalue weighted by molar-refractivity contribution is 0.190. The normalized spacial score (nSPS) is 16.4. The summed E-state index contributed by atoms with van der Waals surface area (Å²) >= 11 is 1.55. The summed E-state index contributed by atoms with van der Waals surface area (Å²) in [6.45, 7) is 5.44. The van der Waals surface area contributed by atoms with Crippen molar-refractivity contribution in [1.82, 2.24) is 0 Å². The Labute approximate surface area is 107 Å². The fraction of sp³-hybridized carbons (Fsp3) is 0.538. The smallest absolute Gasteiger partial charge is 0.125 e. The molecule has 3 atom stereocenters. The first-order valence-electron chi connectivity index (χ1n) is 5.67. The lowest BCUT2D eigenvalue weighted by Gasteiger charge is -2.19. The average Bonchev–Trinajstić information content (AvgIpc) is 2.27. The van der Waals surface area contributed by atoms with E-state index in [1.54, 1.807) is 32.7 Å². The Hall–Kier alpha value is -0.710. The van der Waals surface area contributed by atoms with Crippen LogP contribution in [-0.4, -0.2) is 28.7 Å². The van der Waals surface area contributed by atoms with Crippen molar-refractivity contribution in [2.45, 2.75) is 43.1 Å². The fourth-order valence-corrected chi connectivity index (χ4v) is 2.67. The van der Waals surface area contributed by atoms with Gasteiger partial charge in [0, 0.05) is 15.7 Å². The molecular formula is C13H20O3S. The van der Waals surface area contributed by atoms with Gasteiger partial charge in [0.1, 0.15) is 5.75 Å². The number of hydrogen-bond acceptors (Lipinski definition) is 4. The van der Waals surface area contributed by atoms with Crippen LogP contribution in [0.5, 0.6) is 5.75 Å². The second-order valence-electron chi connectivity index (χ2n) is 4.11. The molecule has 0 aliphatic carbocycles. The van der Waals surface area contributed by atoms with Gasteiger partial charge in [-0.2, -0.15) is 0 Å². The van der Waals surface area contributed by atoms with Crippen LogP contribution in [0.4, 0.5) is 0 Å². The van der Waals surface area contributed by atoms with Gasteiger partial charge in [-0.3, -0.25) is 0 Å². The summed E-state index contributed by atoms with van der Waals surface area (Å²) in [5.74, 6) is 0.683. The van der Waals surface area contributed by atoms with E-state index in [-0.39, 0.29) is 5.25 Å². The van der Waals surface area contributed by atoms with Crippen molar-refractivity contribution in [2.75, 3.05) is 7.11 Å². The predicted octanol–water partition coefficient (Wildman–Crippen LogP) is 2.61. The Kier molecular flexibility index (Phi) is 5.31. The van der Waals surface area contributed by atoms with Gasteiger partial charge >= 0.3 is 0 Å². The number of benzene rings is 1. The summed E-state index contributed by atoms with van der Waals surface area (Å²) < 4.78 is 5.25. The third kappa shape index (κ3) is 3.63. The van der Waals surface area contributed by atoms with Crippen molar-refractivity contribution in [3.05, 3.63) is 23.8 Å². The van der Waals surface area contributed by atoms with Crippen LogP contribution in [0.25, 0.3) is 0 Å². The minimum atomic E-state index is -0.588. The highest BCUT2D eigenvalue weighted by Gasteiger charge is 2.18. The second kappa shape index (κ2) is 6.28. The number of ether oxygens (including phenoxy) is 1. The zero-order valence-corrected chi connectivity index (χ0v) is 11.5. The van der Waals surface area contributed by atoms with E-state index in [1.807, 2.05) is 25.1 Å². The largest absolute Gasteiger partial charge is 0.496 e. The van der Waals surface area contributed by atoms with Crippen molar-refractivity contribution in [1.29, 1.82) is 0 Å². The molecule has 1 rings (SSSR count). The first-order chi connectivity index (χ1) is 7.97. The zero-order valence-electron chi connectivity index (χ0n) is 10.7. The molecule has 17 heavy (non-hydrogen) atoms. The van der Waals surface area contributed by atoms with E-state index < -0.39 is 12.2 Å². The Morgan fingerprint density at radius 2 is 1.82 bits per heavy atom. The van der Waals surface area contributed by atoms with Gasteiger partial charge in [-0.05, 0) is 26.0 Å². The summed E-state index contributed by atoms with van der Waals surface area (Å²) in [6.07, 6.45) is -0.983. The lowest BCUT2D eigenvalue weighted by Crippen LogP contribution is -2.15. The molecule has 0 aromatic heterocycles. The molecule has 0 spiro atoms. The molecule has 0 fully saturated rings. The SMILES string of the molecule is COc1cccc(SC(C)C(C)O)c1[C@@H](C)O. The molecule has 2 N–H and O–H groups in total. The molecule has 1 aromatic carbocycles. The predicted molar refractivity (Wildman–Crippen MR) is 70.6 cm³/mol. The van der Waals surface area contributed by atoms with Gasteiger partial charge in [0.15, 0.2) is 0 Å². The van der Waals surface area contributed by atoms with Crippen molar-refractivity contribution in [3.8, 4) is 5.75 Å². The summed E-state index contributed by atoms with van der Waals surface area (Å²) in [7, 11) is 1.59. The molecule has 2 unspecified atom stereocenters. The summed E-state index contributed by atoms with van der Waals surface area (Å²) in [5, 5.41) is 19.4. The van der Waals surface area contributed by atoms with Crippen LogP contribution in [0.3, 0.4) is 0 Å². The molecular weight excluding hydrogens is 236 g/mol. The van der Waals surface area contributed by atoms with Crippen LogP contribution in [0, 0.1) is 0 Å². The maximum absolute atomic E-state index is 9.81. The molecule has 0 radical (unpaired) electrons. The molecule has 4 heteroatoms. The van der Waals surface area contributed by atoms with E-state index in [0.717, 1.165) is 10.5 Å². The monoisotopic (exact) mass is 256 g/mol. The van der Waals surface area contributed by atoms with Crippen LogP contribution in [0.1, 0.15) is 32.4 Å². The van der Waals surface area contributed by atoms with Crippen molar-refractivity contribution in [3.63, 3.8) is 0 Å². The van der Waals surface area contributed by atoms with Gasteiger partial charge in [-0.15, -0.1) is 11.8 Å². The van der Waals surface area contributed by atoms with Crippen molar-refractivity contribution < 1.29 is 14.9 Å². The van der Waals surface area contributed by atoms with Gasteiger partial charge in [0.2, 0.25) is 0 Å². The fourth-order valence-electron chi connectivity index (χ4n) is 1.52. The maximum Gasteiger partial charge on any atom is 0.125 e. The molecule has 0 bridgehead atoms. The van der Waals surface area contributed by atoms with Crippen LogP contribution in [-0.2, 0) is 0 Å². The molecule has 0 aliphatic rings. The standard InChI is InChI=1S/C13H20O3S/c1-8(14)10(3)17-12-7-5-6-11(16-4)13(12)9(2)15/h5-10,14-15H,1-4H3/t8?,9-,10?/m1/s1. The quantitative estimate of drug-likeness (QED) is 0.795. The number of thioether (sulfide) groups is 1. The van der Waals surface area contributed by atoms with E-state index in [4.69, 9.17) is 4.74 Å². The van der Waals surface area contributed by atoms with Gasteiger partial charge < -0.3 is 14.9 Å². The first kappa shape index (κ1) is 14.4. The molecule has 3 nitrogen and oxygen atoms in total. The van der Waals surface area contributed by atoms with E-state index >= 15 is 0 Å². The third-order valence-corrected chi connectivity index (χ3v) is 4.03. The molecule has 0 aliphatic heterocycles. The Morgan fingerprint density at radius 1 is 1.18 bits per heavy atom. The minimum absolute atomic E-state index is 0.0691. The summed E-state index contributed by atoms with van der Waals surface area (Å²) in [6, 6.07) is 5.66. The minimum Gasteiger partial charge on any atom is -0.496 e. The summed E-state index contributed by atoms with van der Waals surface area (Å²) in [5.41, 5.74) is 0.785. The highest BCUT2D eigenvalue weighted by molar-refractivity contribution is 8.00. The van der Waals surface area contributed by atoms with Crippen LogP contribution >= 0.6 is 11.8 Å². The number of rotatable bonds is 5. The highest BCUT2D eigenvalue weighted by atomic mass is 32.2. The Bertz CT molecular complexity index is 364. The molecule has 0 saturated carbocycles. The van der Waals surface area contributed by atoms with E-state index in [0.29, 0.717) is 5.75 Å². The Balaban J connectivity index is 3.06. The molecule has 0 saturated heterocycles. The molecule has 0 heterocycles. The number of methoxy groups -OCH3 is 1. The van der Waals surface area contributed by atoms with E-state index in [1.165, 1.54) is 0 Å². The average molecular weight is 256 g/mol. The van der Waals surface area contributed by atoms with E-state index in [9.17, 15) is 10.2 Å². The maximum atomic E-state index is 9.81. The van der Waals surface area contributed by atoms with Gasteiger partial charge in [-0.1, -0.05) is 13.0 Å². The van der Waals surface area contributed by atoms with Crippen molar-refractivity contribution >= 4 is 11.8 Å². The van der Waals surface area contributed by atoms with Gasteiger partial charge in [0.05, 0.1) is 19.3 Å². The first-order valence-corrected chi connectivity index (χ1v) is 6.55. The second-order valence-corrected chi connectivity index (χ2v) is 5.53. The van der Waals surface area contributed by atoms with Crippen LogP contribution in [0.2, 0.25) is 0 Å². The van der Waals surface area contributed by atoms with Crippen molar-refractivity contribution in [2.24, 2.45) is 0 Å². The highest BCUT2D eigenvalue weighted by Crippen LogP contribution is 2.37. The topological polar surface area (TPSA) is 49.7 Å². The molecule has 1 aromatic rings. The molecule has 0 amide bonds. The zero-order chi connectivity index (χ0) is 13.0. The molecule has 96 valence electrons. The Morgan fingerprint density at radius 3 is 2.29 bits per heavy atom. The van der Waals surface area contributed by atoms with Crippen LogP contribution < -0.4 is 4.74 Å². The number of aliphatic hydroxyl groups is 2. The number of hydrogen-bond donors (Lipinski definition) is 2. The number of aliphatic hydroxyl groups excluding tert-OH is 2. The van der Waals surface area contributed by atoms with Gasteiger partial charge in [-0.25, -0.2) is 0 Å². The van der Waals surface area contributed by atoms with E-state index in [2.05, 4.69) is 0 Å².